The van der Waals surface area contributed by atoms with Crippen LogP contribution in [0.2, 0.25) is 0 Å². The van der Waals surface area contributed by atoms with Crippen LogP contribution in [0.15, 0.2) is 0 Å². The van der Waals surface area contributed by atoms with Crippen LogP contribution >= 0.6 is 0 Å². The summed E-state index contributed by atoms with van der Waals surface area (Å²) in [6.07, 6.45) is 4.35. The normalized spacial score (nSPS) is 18.6. The molecule has 2 fully saturated rings. The van der Waals surface area contributed by atoms with E-state index < -0.39 is 5.97 Å². The molecule has 0 radical (unpaired) electrons. The summed E-state index contributed by atoms with van der Waals surface area (Å²) in [7, 11) is 0. The van der Waals surface area contributed by atoms with E-state index in [0.29, 0.717) is 13.0 Å². The molecule has 0 atom stereocenters. The summed E-state index contributed by atoms with van der Waals surface area (Å²) < 4.78 is 0. The lowest BCUT2D eigenvalue weighted by atomic mass is 10.4. The van der Waals surface area contributed by atoms with E-state index in [0.717, 1.165) is 26.4 Å². The van der Waals surface area contributed by atoms with Gasteiger partial charge in [0, 0.05) is 19.9 Å². The van der Waals surface area contributed by atoms with Gasteiger partial charge in [0.25, 0.3) is 5.97 Å². The zero-order chi connectivity index (χ0) is 14.1. The van der Waals surface area contributed by atoms with Crippen molar-refractivity contribution in [2.75, 3.05) is 32.7 Å². The first-order valence-electron chi connectivity index (χ1n) is 6.75. The molecule has 0 saturated carbocycles. The van der Waals surface area contributed by atoms with E-state index in [-0.39, 0.29) is 5.91 Å². The minimum Gasteiger partial charge on any atom is -0.481 e. The van der Waals surface area contributed by atoms with E-state index in [1.54, 1.807) is 0 Å². The SMILES string of the molecule is CC(=O)O.O=C1CCCN1CC#CCN1CCCC1. The van der Waals surface area contributed by atoms with Gasteiger partial charge in [-0.3, -0.25) is 14.5 Å². The second kappa shape index (κ2) is 8.54. The number of nitrogens with zero attached hydrogens (tertiary/aromatic N) is 2. The van der Waals surface area contributed by atoms with E-state index in [2.05, 4.69) is 16.7 Å². The van der Waals surface area contributed by atoms with Gasteiger partial charge in [-0.05, 0) is 32.4 Å². The van der Waals surface area contributed by atoms with Gasteiger partial charge >= 0.3 is 0 Å². The lowest BCUT2D eigenvalue weighted by Gasteiger charge is -2.11. The van der Waals surface area contributed by atoms with Crippen molar-refractivity contribution in [1.29, 1.82) is 0 Å². The minimum atomic E-state index is -0.833. The largest absolute Gasteiger partial charge is 0.481 e. The van der Waals surface area contributed by atoms with Crippen molar-refractivity contribution >= 4 is 11.9 Å². The van der Waals surface area contributed by atoms with Crippen LogP contribution in [0.3, 0.4) is 0 Å². The standard InChI is InChI=1S/C12H18N2O.C2H4O2/c15-12-6-5-11-14(12)10-4-3-9-13-7-1-2-8-13;1-2(3)4/h1-2,5-11H2;1H3,(H,3,4). The van der Waals surface area contributed by atoms with Crippen LogP contribution in [0.25, 0.3) is 0 Å². The molecule has 2 saturated heterocycles. The summed E-state index contributed by atoms with van der Waals surface area (Å²) in [5.74, 6) is 5.69. The van der Waals surface area contributed by atoms with Crippen molar-refractivity contribution < 1.29 is 14.7 Å². The molecule has 0 aliphatic carbocycles. The molecular formula is C14H22N2O3. The number of hydrogen-bond acceptors (Lipinski definition) is 3. The van der Waals surface area contributed by atoms with E-state index in [1.807, 2.05) is 4.90 Å². The summed E-state index contributed by atoms with van der Waals surface area (Å²) >= 11 is 0. The summed E-state index contributed by atoms with van der Waals surface area (Å²) in [5, 5.41) is 7.42. The van der Waals surface area contributed by atoms with Crippen LogP contribution in [0.4, 0.5) is 0 Å². The van der Waals surface area contributed by atoms with Gasteiger partial charge in [0.1, 0.15) is 0 Å². The summed E-state index contributed by atoms with van der Waals surface area (Å²) in [6.45, 7) is 5.88. The fraction of sp³-hybridized carbons (Fsp3) is 0.714. The first-order valence-corrected chi connectivity index (χ1v) is 6.75. The minimum absolute atomic E-state index is 0.269. The second-order valence-electron chi connectivity index (χ2n) is 4.77. The van der Waals surface area contributed by atoms with Gasteiger partial charge in [-0.2, -0.15) is 0 Å². The van der Waals surface area contributed by atoms with Crippen molar-refractivity contribution in [2.45, 2.75) is 32.6 Å². The third kappa shape index (κ3) is 6.82. The molecule has 106 valence electrons. The molecule has 1 N–H and O–H groups in total. The fourth-order valence-corrected chi connectivity index (χ4v) is 2.13. The molecule has 0 spiro atoms. The number of carboxylic acids is 1. The molecule has 0 aromatic heterocycles. The Morgan fingerprint density at radius 3 is 2.26 bits per heavy atom. The number of carboxylic acid groups (broad SMARTS) is 1. The Hall–Kier alpha value is -1.54. The number of amides is 1. The Kier molecular flexibility index (Phi) is 6.98. The van der Waals surface area contributed by atoms with Crippen LogP contribution in [0.5, 0.6) is 0 Å². The van der Waals surface area contributed by atoms with Crippen LogP contribution < -0.4 is 0 Å². The average molecular weight is 266 g/mol. The molecule has 0 aromatic carbocycles. The second-order valence-corrected chi connectivity index (χ2v) is 4.77. The average Bonchev–Trinajstić information content (AvgIpc) is 2.96. The van der Waals surface area contributed by atoms with Crippen molar-refractivity contribution in [3.63, 3.8) is 0 Å². The van der Waals surface area contributed by atoms with E-state index >= 15 is 0 Å². The Bertz CT molecular complexity index is 361. The number of hydrogen-bond donors (Lipinski definition) is 1. The van der Waals surface area contributed by atoms with Crippen LogP contribution in [0, 0.1) is 11.8 Å². The molecular weight excluding hydrogens is 244 g/mol. The van der Waals surface area contributed by atoms with Gasteiger partial charge in [-0.1, -0.05) is 11.8 Å². The maximum Gasteiger partial charge on any atom is 0.300 e. The number of carbonyl (C=O) groups is 2. The highest BCUT2D eigenvalue weighted by Crippen LogP contribution is 2.08. The quantitative estimate of drug-likeness (QED) is 0.751. The molecule has 0 unspecified atom stereocenters. The van der Waals surface area contributed by atoms with Crippen LogP contribution in [-0.2, 0) is 9.59 Å². The van der Waals surface area contributed by atoms with Crippen molar-refractivity contribution in [1.82, 2.24) is 9.80 Å². The Balaban J connectivity index is 0.000000399. The summed E-state index contributed by atoms with van der Waals surface area (Å²) in [4.78, 5) is 24.5. The van der Waals surface area contributed by atoms with Gasteiger partial charge < -0.3 is 10.0 Å². The third-order valence-electron chi connectivity index (χ3n) is 3.07. The number of aliphatic carboxylic acids is 1. The summed E-state index contributed by atoms with van der Waals surface area (Å²) in [6, 6.07) is 0. The molecule has 2 aliphatic heterocycles. The Labute approximate surface area is 114 Å². The monoisotopic (exact) mass is 266 g/mol. The highest BCUT2D eigenvalue weighted by atomic mass is 16.4. The molecule has 0 aromatic rings. The third-order valence-corrected chi connectivity index (χ3v) is 3.07. The number of rotatable bonds is 2. The molecule has 5 heteroatoms. The molecule has 19 heavy (non-hydrogen) atoms. The number of carbonyl (C=O) groups excluding carboxylic acids is 1. The van der Waals surface area contributed by atoms with E-state index in [1.165, 1.54) is 25.9 Å². The van der Waals surface area contributed by atoms with Gasteiger partial charge in [-0.15, -0.1) is 0 Å². The van der Waals surface area contributed by atoms with Gasteiger partial charge in [0.15, 0.2) is 0 Å². The zero-order valence-electron chi connectivity index (χ0n) is 11.5. The number of likely N-dealkylation sites (tertiary alicyclic amines) is 2. The van der Waals surface area contributed by atoms with Crippen LogP contribution in [0.1, 0.15) is 32.6 Å². The van der Waals surface area contributed by atoms with Gasteiger partial charge in [0.05, 0.1) is 13.1 Å². The Morgan fingerprint density at radius 1 is 1.16 bits per heavy atom. The smallest absolute Gasteiger partial charge is 0.300 e. The van der Waals surface area contributed by atoms with Gasteiger partial charge in [-0.25, -0.2) is 0 Å². The van der Waals surface area contributed by atoms with Crippen molar-refractivity contribution in [3.05, 3.63) is 0 Å². The molecule has 1 amide bonds. The fourth-order valence-electron chi connectivity index (χ4n) is 2.13. The van der Waals surface area contributed by atoms with Crippen molar-refractivity contribution in [3.8, 4) is 11.8 Å². The first kappa shape index (κ1) is 15.5. The lowest BCUT2D eigenvalue weighted by molar-refractivity contribution is -0.134. The molecule has 2 aliphatic rings. The maximum absolute atomic E-state index is 11.3. The molecule has 2 rings (SSSR count). The van der Waals surface area contributed by atoms with Gasteiger partial charge in [0.2, 0.25) is 5.91 Å². The highest BCUT2D eigenvalue weighted by molar-refractivity contribution is 5.78. The predicted molar refractivity (Wildman–Crippen MR) is 72.6 cm³/mol. The lowest BCUT2D eigenvalue weighted by Crippen LogP contribution is -2.25. The molecule has 0 bridgehead atoms. The molecule has 5 nitrogen and oxygen atoms in total. The zero-order valence-corrected chi connectivity index (χ0v) is 11.5. The topological polar surface area (TPSA) is 60.9 Å². The highest BCUT2D eigenvalue weighted by Gasteiger charge is 2.18. The summed E-state index contributed by atoms with van der Waals surface area (Å²) in [5.41, 5.74) is 0. The van der Waals surface area contributed by atoms with E-state index in [4.69, 9.17) is 9.90 Å². The molecule has 2 heterocycles. The first-order chi connectivity index (χ1) is 9.09. The van der Waals surface area contributed by atoms with Crippen LogP contribution in [-0.4, -0.2) is 59.5 Å². The Morgan fingerprint density at radius 2 is 1.74 bits per heavy atom. The predicted octanol–water partition coefficient (Wildman–Crippen LogP) is 0.799. The van der Waals surface area contributed by atoms with Crippen molar-refractivity contribution in [2.24, 2.45) is 0 Å². The van der Waals surface area contributed by atoms with E-state index in [9.17, 15) is 4.79 Å². The maximum atomic E-state index is 11.3.